The summed E-state index contributed by atoms with van der Waals surface area (Å²) in [5, 5.41) is 10.5. The lowest BCUT2D eigenvalue weighted by Gasteiger charge is -2.15. The van der Waals surface area contributed by atoms with Crippen molar-refractivity contribution in [3.05, 3.63) is 65.5 Å². The molecule has 4 N–H and O–H groups in total. The number of halogens is 1. The van der Waals surface area contributed by atoms with Gasteiger partial charge in [-0.15, -0.1) is 0 Å². The minimum absolute atomic E-state index is 0.00429. The van der Waals surface area contributed by atoms with Gasteiger partial charge in [0.2, 0.25) is 10.0 Å². The summed E-state index contributed by atoms with van der Waals surface area (Å²) in [6.07, 6.45) is 0.572. The number of hydrogen-bond acceptors (Lipinski definition) is 3. The number of hydrogen-bond donors (Lipinski definition) is 3. The van der Waals surface area contributed by atoms with Crippen molar-refractivity contribution in [1.29, 1.82) is 0 Å². The summed E-state index contributed by atoms with van der Waals surface area (Å²) in [7, 11) is -3.79. The van der Waals surface area contributed by atoms with Gasteiger partial charge in [-0.05, 0) is 48.7 Å². The Bertz CT molecular complexity index is 838. The summed E-state index contributed by atoms with van der Waals surface area (Å²) in [6.45, 7) is 2.13. The van der Waals surface area contributed by atoms with Gasteiger partial charge >= 0.3 is 6.03 Å². The third kappa shape index (κ3) is 5.84. The van der Waals surface area contributed by atoms with Crippen molar-refractivity contribution in [3.8, 4) is 0 Å². The molecule has 0 fully saturated rings. The lowest BCUT2D eigenvalue weighted by molar-refractivity contribution is 0.238. The lowest BCUT2D eigenvalue weighted by atomic mass is 10.1. The second-order valence-corrected chi connectivity index (χ2v) is 7.18. The van der Waals surface area contributed by atoms with Gasteiger partial charge in [0.25, 0.3) is 0 Å². The summed E-state index contributed by atoms with van der Waals surface area (Å²) in [5.74, 6) is -0.301. The molecule has 0 radical (unpaired) electrons. The van der Waals surface area contributed by atoms with Gasteiger partial charge in [0.15, 0.2) is 0 Å². The molecule has 2 aromatic rings. The standard InChI is InChI=1S/C17H20FN3O3S/c1-12(14-3-2-4-16(11-14)25(19,23)24)21-17(22)20-10-9-13-5-7-15(18)8-6-13/h2-8,11-12H,9-10H2,1H3,(H2,19,23,24)(H2,20,21,22). The maximum atomic E-state index is 12.8. The normalized spacial score (nSPS) is 12.4. The molecule has 0 aliphatic heterocycles. The van der Waals surface area contributed by atoms with E-state index in [1.54, 1.807) is 31.2 Å². The monoisotopic (exact) mass is 365 g/mol. The van der Waals surface area contributed by atoms with E-state index in [1.165, 1.54) is 24.3 Å². The zero-order valence-electron chi connectivity index (χ0n) is 13.7. The van der Waals surface area contributed by atoms with E-state index >= 15 is 0 Å². The topological polar surface area (TPSA) is 101 Å². The Hall–Kier alpha value is -2.45. The van der Waals surface area contributed by atoms with E-state index in [4.69, 9.17) is 5.14 Å². The van der Waals surface area contributed by atoms with E-state index < -0.39 is 16.1 Å². The van der Waals surface area contributed by atoms with Crippen LogP contribution in [-0.2, 0) is 16.4 Å². The molecule has 1 unspecified atom stereocenters. The highest BCUT2D eigenvalue weighted by Crippen LogP contribution is 2.16. The molecular weight excluding hydrogens is 345 g/mol. The first kappa shape index (κ1) is 18.9. The Morgan fingerprint density at radius 3 is 2.52 bits per heavy atom. The summed E-state index contributed by atoms with van der Waals surface area (Å²) in [5.41, 5.74) is 1.54. The fraction of sp³-hybridized carbons (Fsp3) is 0.235. The van der Waals surface area contributed by atoms with Gasteiger partial charge < -0.3 is 10.6 Å². The Morgan fingerprint density at radius 2 is 1.88 bits per heavy atom. The zero-order chi connectivity index (χ0) is 18.4. The van der Waals surface area contributed by atoms with Gasteiger partial charge in [0.1, 0.15) is 5.82 Å². The minimum Gasteiger partial charge on any atom is -0.338 e. The van der Waals surface area contributed by atoms with Crippen LogP contribution in [-0.4, -0.2) is 21.0 Å². The van der Waals surface area contributed by atoms with Crippen molar-refractivity contribution in [2.45, 2.75) is 24.3 Å². The average molecular weight is 365 g/mol. The van der Waals surface area contributed by atoms with E-state index in [9.17, 15) is 17.6 Å². The molecule has 0 heterocycles. The molecule has 1 atom stereocenters. The van der Waals surface area contributed by atoms with Crippen LogP contribution in [0.25, 0.3) is 0 Å². The Kier molecular flexibility index (Phi) is 6.11. The van der Waals surface area contributed by atoms with Crippen LogP contribution in [0.15, 0.2) is 53.4 Å². The van der Waals surface area contributed by atoms with E-state index in [-0.39, 0.29) is 16.7 Å². The van der Waals surface area contributed by atoms with Crippen LogP contribution in [0.3, 0.4) is 0 Å². The van der Waals surface area contributed by atoms with Crippen molar-refractivity contribution in [3.63, 3.8) is 0 Å². The van der Waals surface area contributed by atoms with Gasteiger partial charge in [-0.25, -0.2) is 22.7 Å². The van der Waals surface area contributed by atoms with Crippen molar-refractivity contribution < 1.29 is 17.6 Å². The molecule has 0 aliphatic carbocycles. The number of rotatable bonds is 6. The highest BCUT2D eigenvalue weighted by molar-refractivity contribution is 7.89. The number of nitrogens with one attached hydrogen (secondary N) is 2. The first-order valence-corrected chi connectivity index (χ1v) is 9.22. The number of carbonyl (C=O) groups excluding carboxylic acids is 1. The molecule has 0 bridgehead atoms. The third-order valence-electron chi connectivity index (χ3n) is 3.65. The number of benzene rings is 2. The molecule has 2 aromatic carbocycles. The maximum absolute atomic E-state index is 12.8. The summed E-state index contributed by atoms with van der Waals surface area (Å²) in [6, 6.07) is 11.4. The molecule has 0 saturated carbocycles. The fourth-order valence-electron chi connectivity index (χ4n) is 2.26. The zero-order valence-corrected chi connectivity index (χ0v) is 14.5. The lowest BCUT2D eigenvalue weighted by Crippen LogP contribution is -2.38. The molecule has 134 valence electrons. The van der Waals surface area contributed by atoms with E-state index in [0.29, 0.717) is 18.5 Å². The van der Waals surface area contributed by atoms with E-state index in [1.807, 2.05) is 0 Å². The van der Waals surface area contributed by atoms with Crippen LogP contribution in [0.2, 0.25) is 0 Å². The molecule has 8 heteroatoms. The predicted molar refractivity (Wildman–Crippen MR) is 92.9 cm³/mol. The molecule has 25 heavy (non-hydrogen) atoms. The largest absolute Gasteiger partial charge is 0.338 e. The number of carbonyl (C=O) groups is 1. The molecule has 0 saturated heterocycles. The highest BCUT2D eigenvalue weighted by Gasteiger charge is 2.13. The van der Waals surface area contributed by atoms with Crippen molar-refractivity contribution in [2.75, 3.05) is 6.54 Å². The highest BCUT2D eigenvalue weighted by atomic mass is 32.2. The van der Waals surface area contributed by atoms with E-state index in [0.717, 1.165) is 5.56 Å². The molecule has 0 aliphatic rings. The number of urea groups is 1. The predicted octanol–water partition coefficient (Wildman–Crippen LogP) is 2.08. The molecule has 2 rings (SSSR count). The van der Waals surface area contributed by atoms with Crippen LogP contribution in [0.1, 0.15) is 24.1 Å². The average Bonchev–Trinajstić information content (AvgIpc) is 2.56. The van der Waals surface area contributed by atoms with Crippen LogP contribution >= 0.6 is 0 Å². The van der Waals surface area contributed by atoms with Gasteiger partial charge in [0.05, 0.1) is 10.9 Å². The van der Waals surface area contributed by atoms with Gasteiger partial charge in [-0.1, -0.05) is 24.3 Å². The minimum atomic E-state index is -3.79. The van der Waals surface area contributed by atoms with Crippen LogP contribution in [0.4, 0.5) is 9.18 Å². The summed E-state index contributed by atoms with van der Waals surface area (Å²) >= 11 is 0. The number of nitrogens with two attached hydrogens (primary N) is 1. The van der Waals surface area contributed by atoms with Gasteiger partial charge in [-0.2, -0.15) is 0 Å². The first-order valence-electron chi connectivity index (χ1n) is 7.67. The third-order valence-corrected chi connectivity index (χ3v) is 4.56. The Morgan fingerprint density at radius 1 is 1.20 bits per heavy atom. The van der Waals surface area contributed by atoms with Crippen molar-refractivity contribution in [2.24, 2.45) is 5.14 Å². The fourth-order valence-corrected chi connectivity index (χ4v) is 2.83. The Labute approximate surface area is 146 Å². The summed E-state index contributed by atoms with van der Waals surface area (Å²) in [4.78, 5) is 11.9. The SMILES string of the molecule is CC(NC(=O)NCCc1ccc(F)cc1)c1cccc(S(N)(=O)=O)c1. The van der Waals surface area contributed by atoms with Crippen LogP contribution in [0, 0.1) is 5.82 Å². The second kappa shape index (κ2) is 8.09. The number of amides is 2. The molecule has 6 nitrogen and oxygen atoms in total. The first-order chi connectivity index (χ1) is 11.8. The quantitative estimate of drug-likeness (QED) is 0.730. The second-order valence-electron chi connectivity index (χ2n) is 5.62. The van der Waals surface area contributed by atoms with Crippen molar-refractivity contribution >= 4 is 16.1 Å². The number of sulfonamides is 1. The summed E-state index contributed by atoms with van der Waals surface area (Å²) < 4.78 is 35.6. The smallest absolute Gasteiger partial charge is 0.315 e. The number of primary sulfonamides is 1. The van der Waals surface area contributed by atoms with Gasteiger partial charge in [-0.3, -0.25) is 0 Å². The maximum Gasteiger partial charge on any atom is 0.315 e. The molecule has 0 spiro atoms. The van der Waals surface area contributed by atoms with E-state index in [2.05, 4.69) is 10.6 Å². The van der Waals surface area contributed by atoms with Gasteiger partial charge in [0, 0.05) is 6.54 Å². The Balaban J connectivity index is 1.86. The van der Waals surface area contributed by atoms with Crippen molar-refractivity contribution in [1.82, 2.24) is 10.6 Å². The molecule has 2 amide bonds. The van der Waals surface area contributed by atoms with Crippen LogP contribution < -0.4 is 15.8 Å². The van der Waals surface area contributed by atoms with Crippen LogP contribution in [0.5, 0.6) is 0 Å². The molecular formula is C17H20FN3O3S. The molecule has 0 aromatic heterocycles.